The second kappa shape index (κ2) is 11.2. The molecule has 2 N–H and O–H groups in total. The van der Waals surface area contributed by atoms with Crippen molar-refractivity contribution in [3.63, 3.8) is 0 Å². The number of ether oxygens (including phenoxy) is 1. The Bertz CT molecular complexity index is 1160. The number of fused-ring (bicyclic) bond motifs is 7. The third kappa shape index (κ3) is 4.90. The largest absolute Gasteiger partial charge is 0.481 e. The van der Waals surface area contributed by atoms with Crippen molar-refractivity contribution in [1.29, 1.82) is 0 Å². The molecule has 0 heterocycles. The molecule has 0 spiro atoms. The fourth-order valence-corrected chi connectivity index (χ4v) is 12.0. The molecule has 43 heavy (non-hydrogen) atoms. The Morgan fingerprint density at radius 2 is 1.53 bits per heavy atom. The van der Waals surface area contributed by atoms with E-state index in [-0.39, 0.29) is 46.1 Å². The zero-order chi connectivity index (χ0) is 31.6. The summed E-state index contributed by atoms with van der Waals surface area (Å²) in [5.41, 5.74) is 0.994. The molecule has 0 saturated heterocycles. The number of carbonyl (C=O) groups is 3. The zero-order valence-electron chi connectivity index (χ0n) is 28.0. The van der Waals surface area contributed by atoms with Gasteiger partial charge in [0.05, 0.1) is 5.41 Å². The highest BCUT2D eigenvalue weighted by Crippen LogP contribution is 2.75. The van der Waals surface area contributed by atoms with Crippen molar-refractivity contribution >= 4 is 17.9 Å². The Morgan fingerprint density at radius 3 is 2.21 bits per heavy atom. The van der Waals surface area contributed by atoms with Crippen LogP contribution >= 0.6 is 0 Å². The first kappa shape index (κ1) is 32.5. The molecule has 4 saturated carbocycles. The van der Waals surface area contributed by atoms with Crippen molar-refractivity contribution < 1.29 is 29.3 Å². The van der Waals surface area contributed by atoms with Gasteiger partial charge in [-0.3, -0.25) is 14.4 Å². The first-order valence-electron chi connectivity index (χ1n) is 17.4. The smallest absolute Gasteiger partial charge is 0.310 e. The van der Waals surface area contributed by atoms with Gasteiger partial charge in [-0.1, -0.05) is 66.5 Å². The highest BCUT2D eigenvalue weighted by Gasteiger charge is 2.69. The molecule has 0 amide bonds. The minimum Gasteiger partial charge on any atom is -0.481 e. The van der Waals surface area contributed by atoms with Gasteiger partial charge < -0.3 is 14.9 Å². The third-order valence-electron chi connectivity index (χ3n) is 14.9. The topological polar surface area (TPSA) is 101 Å². The number of hydrogen-bond donors (Lipinski definition) is 2. The highest BCUT2D eigenvalue weighted by atomic mass is 16.5. The van der Waals surface area contributed by atoms with Crippen molar-refractivity contribution in [1.82, 2.24) is 0 Å². The monoisotopic (exact) mass is 598 g/mol. The van der Waals surface area contributed by atoms with Gasteiger partial charge in [-0.25, -0.2) is 0 Å². The molecule has 0 aromatic heterocycles. The van der Waals surface area contributed by atoms with Crippen molar-refractivity contribution in [3.8, 4) is 0 Å². The highest BCUT2D eigenvalue weighted by molar-refractivity contribution is 5.76. The quantitative estimate of drug-likeness (QED) is 0.165. The lowest BCUT2D eigenvalue weighted by Gasteiger charge is -2.71. The van der Waals surface area contributed by atoms with E-state index in [1.165, 1.54) is 5.57 Å². The number of allylic oxidation sites excluding steroid dienone is 2. The number of rotatable bonds is 8. The summed E-state index contributed by atoms with van der Waals surface area (Å²) >= 11 is 0. The molecule has 6 nitrogen and oxygen atoms in total. The molecule has 0 unspecified atom stereocenters. The molecule has 5 aliphatic rings. The van der Waals surface area contributed by atoms with Crippen LogP contribution in [0.3, 0.4) is 0 Å². The molecular formula is C37H58O6. The molecule has 5 rings (SSSR count). The predicted octanol–water partition coefficient (Wildman–Crippen LogP) is 8.68. The van der Waals surface area contributed by atoms with Crippen molar-refractivity contribution in [2.24, 2.45) is 56.7 Å². The number of unbranched alkanes of at least 4 members (excludes halogenated alkanes) is 2. The molecule has 0 bridgehead atoms. The number of carboxylic acid groups (broad SMARTS) is 2. The van der Waals surface area contributed by atoms with Gasteiger partial charge in [0.2, 0.25) is 0 Å². The van der Waals surface area contributed by atoms with E-state index >= 15 is 0 Å². The summed E-state index contributed by atoms with van der Waals surface area (Å²) in [6, 6.07) is 0. The van der Waals surface area contributed by atoms with Crippen molar-refractivity contribution in [2.75, 3.05) is 0 Å². The number of hydrogen-bond acceptors (Lipinski definition) is 4. The molecule has 0 radical (unpaired) electrons. The standard InChI is InChI=1S/C37H58O6/c1-23-15-20-37(32(41)42)22-21-35(6)25(31(37)24(23)2)13-14-27-34(5)18-17-28(33(3,4)26(34)16-19-36(27,35)7)43-30(40)12-10-8-9-11-29(38)39/h13,23-24,26-28,31H,8-12,14-22H2,1-7H3,(H,38,39)(H,41,42)/t23-,24+,26+,27-,28+,31+,34+,35-,36-,37+/m1/s1. The van der Waals surface area contributed by atoms with Crippen molar-refractivity contribution in [2.45, 2.75) is 144 Å². The average Bonchev–Trinajstić information content (AvgIpc) is 2.92. The van der Waals surface area contributed by atoms with Crippen LogP contribution in [0.5, 0.6) is 0 Å². The summed E-state index contributed by atoms with van der Waals surface area (Å²) in [6.07, 6.45) is 13.7. The molecule has 6 heteroatoms. The Morgan fingerprint density at radius 1 is 0.837 bits per heavy atom. The fraction of sp³-hybridized carbons (Fsp3) is 0.865. The molecular weight excluding hydrogens is 540 g/mol. The second-order valence-corrected chi connectivity index (χ2v) is 16.9. The maximum atomic E-state index is 12.9. The van der Waals surface area contributed by atoms with E-state index in [1.807, 2.05) is 0 Å². The lowest BCUT2D eigenvalue weighted by molar-refractivity contribution is -0.214. The summed E-state index contributed by atoms with van der Waals surface area (Å²) in [6.45, 7) is 16.9. The SMILES string of the molecule is C[C@H]1[C@H](C)CC[C@]2(C(=O)O)CC[C@]3(C)C(=CC[C@@H]4[C@@]5(C)CC[C@H](OC(=O)CCCCCC(=O)O)C(C)(C)[C@@H]5CC[C@]43C)[C@H]12. The summed E-state index contributed by atoms with van der Waals surface area (Å²) in [5, 5.41) is 19.5. The molecule has 242 valence electrons. The van der Waals surface area contributed by atoms with Gasteiger partial charge in [0.25, 0.3) is 0 Å². The van der Waals surface area contributed by atoms with E-state index in [0.717, 1.165) is 64.2 Å². The van der Waals surface area contributed by atoms with E-state index in [0.29, 0.717) is 42.9 Å². The average molecular weight is 599 g/mol. The summed E-state index contributed by atoms with van der Waals surface area (Å²) in [5.74, 6) is 0.526. The van der Waals surface area contributed by atoms with Gasteiger partial charge in [0.1, 0.15) is 6.10 Å². The van der Waals surface area contributed by atoms with Gasteiger partial charge in [0.15, 0.2) is 0 Å². The van der Waals surface area contributed by atoms with Crippen LogP contribution in [0.1, 0.15) is 138 Å². The Labute approximate surface area is 259 Å². The van der Waals surface area contributed by atoms with Crippen molar-refractivity contribution in [3.05, 3.63) is 11.6 Å². The van der Waals surface area contributed by atoms with Crippen LogP contribution in [-0.4, -0.2) is 34.2 Å². The maximum absolute atomic E-state index is 12.9. The van der Waals surface area contributed by atoms with Crippen LogP contribution in [-0.2, 0) is 19.1 Å². The van der Waals surface area contributed by atoms with E-state index in [2.05, 4.69) is 54.5 Å². The van der Waals surface area contributed by atoms with Gasteiger partial charge in [-0.2, -0.15) is 0 Å². The fourth-order valence-electron chi connectivity index (χ4n) is 12.0. The van der Waals surface area contributed by atoms with Gasteiger partial charge in [-0.15, -0.1) is 0 Å². The normalized spacial score (nSPS) is 45.0. The number of esters is 1. The number of carbonyl (C=O) groups excluding carboxylic acids is 1. The minimum atomic E-state index is -0.785. The predicted molar refractivity (Wildman–Crippen MR) is 167 cm³/mol. The molecule has 0 aromatic carbocycles. The second-order valence-electron chi connectivity index (χ2n) is 16.9. The summed E-state index contributed by atoms with van der Waals surface area (Å²) in [7, 11) is 0. The lowest BCUT2D eigenvalue weighted by Crippen LogP contribution is -2.65. The number of aliphatic carboxylic acids is 2. The van der Waals surface area contributed by atoms with E-state index in [4.69, 9.17) is 9.84 Å². The first-order valence-corrected chi connectivity index (χ1v) is 17.4. The summed E-state index contributed by atoms with van der Waals surface area (Å²) < 4.78 is 6.19. The summed E-state index contributed by atoms with van der Waals surface area (Å²) in [4.78, 5) is 36.6. The molecule has 0 aromatic rings. The van der Waals surface area contributed by atoms with Gasteiger partial charge in [0, 0.05) is 18.3 Å². The van der Waals surface area contributed by atoms with E-state index in [9.17, 15) is 19.5 Å². The van der Waals surface area contributed by atoms with Gasteiger partial charge in [-0.05, 0) is 116 Å². The third-order valence-corrected chi connectivity index (χ3v) is 14.9. The van der Waals surface area contributed by atoms with Crippen LogP contribution in [0, 0.1) is 56.7 Å². The van der Waals surface area contributed by atoms with Crippen LogP contribution < -0.4 is 0 Å². The Balaban J connectivity index is 1.37. The molecule has 10 atom stereocenters. The van der Waals surface area contributed by atoms with Crippen LogP contribution in [0.2, 0.25) is 0 Å². The van der Waals surface area contributed by atoms with Crippen LogP contribution in [0.25, 0.3) is 0 Å². The number of carboxylic acids is 2. The molecule has 5 aliphatic carbocycles. The Kier molecular flexibility index (Phi) is 8.47. The Hall–Kier alpha value is -1.85. The lowest BCUT2D eigenvalue weighted by atomic mass is 9.33. The first-order chi connectivity index (χ1) is 20.0. The van der Waals surface area contributed by atoms with E-state index < -0.39 is 17.4 Å². The molecule has 0 aliphatic heterocycles. The van der Waals surface area contributed by atoms with Gasteiger partial charge >= 0.3 is 17.9 Å². The van der Waals surface area contributed by atoms with Crippen LogP contribution in [0.15, 0.2) is 11.6 Å². The molecule has 4 fully saturated rings. The minimum absolute atomic E-state index is 0.00687. The zero-order valence-corrected chi connectivity index (χ0v) is 28.0. The van der Waals surface area contributed by atoms with E-state index in [1.54, 1.807) is 0 Å². The van der Waals surface area contributed by atoms with Crippen LogP contribution in [0.4, 0.5) is 0 Å². The maximum Gasteiger partial charge on any atom is 0.310 e.